The maximum atomic E-state index is 12.5. The van der Waals surface area contributed by atoms with Crippen molar-refractivity contribution in [2.45, 2.75) is 40.2 Å². The first kappa shape index (κ1) is 16.3. The van der Waals surface area contributed by atoms with Gasteiger partial charge in [-0.15, -0.1) is 0 Å². The average Bonchev–Trinajstić information content (AvgIpc) is 3.08. The highest BCUT2D eigenvalue weighted by Crippen LogP contribution is 2.28. The fourth-order valence-electron chi connectivity index (χ4n) is 3.23. The zero-order valence-electron chi connectivity index (χ0n) is 14.9. The molecule has 3 rings (SSSR count). The summed E-state index contributed by atoms with van der Waals surface area (Å²) >= 11 is 0. The lowest BCUT2D eigenvalue weighted by Gasteiger charge is -2.12. The van der Waals surface area contributed by atoms with Gasteiger partial charge in [0.05, 0.1) is 18.7 Å². The molecule has 24 heavy (non-hydrogen) atoms. The third kappa shape index (κ3) is 2.94. The number of carbonyl (C=O) groups is 1. The van der Waals surface area contributed by atoms with Gasteiger partial charge >= 0.3 is 0 Å². The number of benzene rings is 1. The fraction of sp³-hybridized carbons (Fsp3) is 0.368. The van der Waals surface area contributed by atoms with E-state index in [1.807, 2.05) is 27.1 Å². The predicted molar refractivity (Wildman–Crippen MR) is 96.0 cm³/mol. The standard InChI is InChI=1S/C19H24N4O/c1-11-6-7-12(2)19-18(11)16(14(4)22-19)8-17(24)21-13(3)15-9-20-23(5)10-15/h6-7,9-10,13,22H,8H2,1-5H3,(H,21,24). The molecule has 0 aliphatic rings. The lowest BCUT2D eigenvalue weighted by atomic mass is 10.0. The van der Waals surface area contributed by atoms with Crippen LogP contribution in [0.15, 0.2) is 24.5 Å². The quantitative estimate of drug-likeness (QED) is 0.774. The molecule has 2 aromatic heterocycles. The second-order valence-electron chi connectivity index (χ2n) is 6.59. The van der Waals surface area contributed by atoms with Crippen LogP contribution >= 0.6 is 0 Å². The normalized spacial score (nSPS) is 12.5. The smallest absolute Gasteiger partial charge is 0.224 e. The lowest BCUT2D eigenvalue weighted by molar-refractivity contribution is -0.121. The first-order valence-corrected chi connectivity index (χ1v) is 8.22. The Morgan fingerprint density at radius 1 is 1.29 bits per heavy atom. The van der Waals surface area contributed by atoms with E-state index in [1.165, 1.54) is 16.5 Å². The van der Waals surface area contributed by atoms with Crippen LogP contribution in [0.25, 0.3) is 10.9 Å². The molecule has 5 heteroatoms. The van der Waals surface area contributed by atoms with Gasteiger partial charge in [0.2, 0.25) is 5.91 Å². The van der Waals surface area contributed by atoms with Crippen LogP contribution < -0.4 is 5.32 Å². The maximum Gasteiger partial charge on any atom is 0.224 e. The molecule has 1 aromatic carbocycles. The Hall–Kier alpha value is -2.56. The van der Waals surface area contributed by atoms with Crippen LogP contribution in [0.2, 0.25) is 0 Å². The minimum Gasteiger partial charge on any atom is -0.358 e. The summed E-state index contributed by atoms with van der Waals surface area (Å²) in [6.45, 7) is 8.19. The Balaban J connectivity index is 1.83. The monoisotopic (exact) mass is 324 g/mol. The van der Waals surface area contributed by atoms with E-state index in [-0.39, 0.29) is 11.9 Å². The van der Waals surface area contributed by atoms with E-state index in [0.29, 0.717) is 6.42 Å². The summed E-state index contributed by atoms with van der Waals surface area (Å²) in [5.74, 6) is 0.0243. The van der Waals surface area contributed by atoms with Crippen molar-refractivity contribution in [1.29, 1.82) is 0 Å². The van der Waals surface area contributed by atoms with Gasteiger partial charge in [-0.1, -0.05) is 12.1 Å². The molecule has 2 heterocycles. The molecule has 1 atom stereocenters. The van der Waals surface area contributed by atoms with Crippen LogP contribution in [0.5, 0.6) is 0 Å². The minimum atomic E-state index is -0.0560. The highest BCUT2D eigenvalue weighted by atomic mass is 16.1. The number of aryl methyl sites for hydroxylation is 4. The summed E-state index contributed by atoms with van der Waals surface area (Å²) in [4.78, 5) is 16.0. The van der Waals surface area contributed by atoms with Gasteiger partial charge in [0.1, 0.15) is 0 Å². The molecule has 1 unspecified atom stereocenters. The number of hydrogen-bond donors (Lipinski definition) is 2. The number of carbonyl (C=O) groups excluding carboxylic acids is 1. The van der Waals surface area contributed by atoms with E-state index < -0.39 is 0 Å². The molecule has 0 radical (unpaired) electrons. The van der Waals surface area contributed by atoms with Crippen LogP contribution in [-0.2, 0) is 18.3 Å². The lowest BCUT2D eigenvalue weighted by Crippen LogP contribution is -2.28. The number of aromatic nitrogens is 3. The van der Waals surface area contributed by atoms with Crippen molar-refractivity contribution in [3.8, 4) is 0 Å². The fourth-order valence-corrected chi connectivity index (χ4v) is 3.23. The second kappa shape index (κ2) is 6.15. The largest absolute Gasteiger partial charge is 0.358 e. The molecule has 0 bridgehead atoms. The number of rotatable bonds is 4. The molecule has 5 nitrogen and oxygen atoms in total. The van der Waals surface area contributed by atoms with Crippen molar-refractivity contribution in [2.75, 3.05) is 0 Å². The first-order chi connectivity index (χ1) is 11.4. The summed E-state index contributed by atoms with van der Waals surface area (Å²) in [7, 11) is 1.87. The molecule has 126 valence electrons. The summed E-state index contributed by atoms with van der Waals surface area (Å²) < 4.78 is 1.74. The molecule has 0 fully saturated rings. The molecular weight excluding hydrogens is 300 g/mol. The highest BCUT2D eigenvalue weighted by molar-refractivity contribution is 5.93. The van der Waals surface area contributed by atoms with E-state index in [0.717, 1.165) is 22.3 Å². The van der Waals surface area contributed by atoms with Gasteiger partial charge in [0, 0.05) is 35.4 Å². The van der Waals surface area contributed by atoms with Crippen molar-refractivity contribution in [1.82, 2.24) is 20.1 Å². The van der Waals surface area contributed by atoms with Crippen molar-refractivity contribution < 1.29 is 4.79 Å². The summed E-state index contributed by atoms with van der Waals surface area (Å²) in [6, 6.07) is 4.17. The number of nitrogens with zero attached hydrogens (tertiary/aromatic N) is 2. The Morgan fingerprint density at radius 2 is 2.00 bits per heavy atom. The first-order valence-electron chi connectivity index (χ1n) is 8.22. The molecule has 0 spiro atoms. The summed E-state index contributed by atoms with van der Waals surface area (Å²) in [5.41, 5.74) is 6.69. The topological polar surface area (TPSA) is 62.7 Å². The van der Waals surface area contributed by atoms with Crippen LogP contribution in [0, 0.1) is 20.8 Å². The van der Waals surface area contributed by atoms with Crippen LogP contribution in [-0.4, -0.2) is 20.7 Å². The zero-order chi connectivity index (χ0) is 17.4. The van der Waals surface area contributed by atoms with E-state index in [2.05, 4.69) is 41.4 Å². The van der Waals surface area contributed by atoms with Crippen LogP contribution in [0.3, 0.4) is 0 Å². The number of fused-ring (bicyclic) bond motifs is 1. The maximum absolute atomic E-state index is 12.5. The molecule has 3 aromatic rings. The molecule has 2 N–H and O–H groups in total. The second-order valence-corrected chi connectivity index (χ2v) is 6.59. The van der Waals surface area contributed by atoms with Gasteiger partial charge in [0.25, 0.3) is 0 Å². The molecule has 0 saturated heterocycles. The van der Waals surface area contributed by atoms with E-state index in [4.69, 9.17) is 0 Å². The summed E-state index contributed by atoms with van der Waals surface area (Å²) in [5, 5.41) is 8.40. The molecule has 1 amide bonds. The van der Waals surface area contributed by atoms with Crippen LogP contribution in [0.1, 0.15) is 40.9 Å². The number of nitrogens with one attached hydrogen (secondary N) is 2. The van der Waals surface area contributed by atoms with E-state index in [1.54, 1.807) is 10.9 Å². The number of hydrogen-bond acceptors (Lipinski definition) is 2. The van der Waals surface area contributed by atoms with Gasteiger partial charge in [-0.2, -0.15) is 5.10 Å². The Morgan fingerprint density at radius 3 is 2.67 bits per heavy atom. The SMILES string of the molecule is Cc1[nH]c2c(C)ccc(C)c2c1CC(=O)NC(C)c1cnn(C)c1. The van der Waals surface area contributed by atoms with Crippen molar-refractivity contribution in [3.05, 3.63) is 52.5 Å². The van der Waals surface area contributed by atoms with E-state index >= 15 is 0 Å². The van der Waals surface area contributed by atoms with Crippen molar-refractivity contribution in [2.24, 2.45) is 7.05 Å². The zero-order valence-corrected chi connectivity index (χ0v) is 14.9. The number of amides is 1. The Labute approximate surface area is 142 Å². The minimum absolute atomic E-state index is 0.0243. The molecule has 0 saturated carbocycles. The van der Waals surface area contributed by atoms with Gasteiger partial charge < -0.3 is 10.3 Å². The molecule has 0 aliphatic heterocycles. The average molecular weight is 324 g/mol. The van der Waals surface area contributed by atoms with Gasteiger partial charge in [-0.25, -0.2) is 0 Å². The number of aromatic amines is 1. The highest BCUT2D eigenvalue weighted by Gasteiger charge is 2.17. The van der Waals surface area contributed by atoms with Gasteiger partial charge in [-0.3, -0.25) is 9.48 Å². The predicted octanol–water partition coefficient (Wildman–Crippen LogP) is 3.25. The van der Waals surface area contributed by atoms with Gasteiger partial charge in [-0.05, 0) is 44.4 Å². The van der Waals surface area contributed by atoms with E-state index in [9.17, 15) is 4.79 Å². The van der Waals surface area contributed by atoms with Crippen LogP contribution in [0.4, 0.5) is 0 Å². The van der Waals surface area contributed by atoms with Gasteiger partial charge in [0.15, 0.2) is 0 Å². The van der Waals surface area contributed by atoms with Crippen molar-refractivity contribution >= 4 is 16.8 Å². The third-order valence-corrected chi connectivity index (χ3v) is 4.63. The Bertz CT molecular complexity index is 904. The number of H-pyrrole nitrogens is 1. The van der Waals surface area contributed by atoms with Crippen molar-refractivity contribution in [3.63, 3.8) is 0 Å². The molecule has 0 aliphatic carbocycles. The molecular formula is C19H24N4O. The Kier molecular flexibility index (Phi) is 4.18. The summed E-state index contributed by atoms with van der Waals surface area (Å²) in [6.07, 6.45) is 4.09. The third-order valence-electron chi connectivity index (χ3n) is 4.63.